The first-order chi connectivity index (χ1) is 20.1. The van der Waals surface area contributed by atoms with Gasteiger partial charge in [-0.05, 0) is 78.9 Å². The van der Waals surface area contributed by atoms with Crippen molar-refractivity contribution in [3.63, 3.8) is 0 Å². The molecule has 1 atom stereocenters. The highest BCUT2D eigenvalue weighted by molar-refractivity contribution is 6.42. The smallest absolute Gasteiger partial charge is 0.334 e. The highest BCUT2D eigenvalue weighted by Crippen LogP contribution is 2.35. The lowest BCUT2D eigenvalue weighted by molar-refractivity contribution is -0.143. The van der Waals surface area contributed by atoms with Crippen LogP contribution in [-0.4, -0.2) is 16.3 Å². The summed E-state index contributed by atoms with van der Waals surface area (Å²) in [7, 11) is 0. The maximum Gasteiger partial charge on any atom is 0.416 e. The maximum absolute atomic E-state index is 14.2. The monoisotopic (exact) mass is 628 g/mol. The van der Waals surface area contributed by atoms with Crippen LogP contribution >= 0.6 is 23.2 Å². The van der Waals surface area contributed by atoms with Crippen LogP contribution < -0.4 is 5.32 Å². The SMILES string of the molecule is C[C@@H](NC(C)(C)CC(C)(C)C(=O)N(Cc1ccc(C(F)(F)F)cc1)Cc1ccc(Cl)c(Cl)c1)c1cccc2ccccc12. The highest BCUT2D eigenvalue weighted by atomic mass is 35.5. The Balaban J connectivity index is 1.56. The van der Waals surface area contributed by atoms with Crippen LogP contribution in [0.4, 0.5) is 13.2 Å². The standard InChI is InChI=1S/C35H37Cl2F3N2O/c1-23(28-12-8-10-26-9-6-7-11-29(26)28)41-34(4,5)22-33(2,3)32(43)42(21-25-15-18-30(36)31(37)19-25)20-24-13-16-27(17-14-24)35(38,39)40/h6-19,23,41H,20-22H2,1-5H3/t23-/m1/s1. The molecule has 228 valence electrons. The fourth-order valence-electron chi connectivity index (χ4n) is 6.03. The van der Waals surface area contributed by atoms with Gasteiger partial charge in [0.25, 0.3) is 0 Å². The molecule has 4 aromatic rings. The van der Waals surface area contributed by atoms with Gasteiger partial charge >= 0.3 is 6.18 Å². The van der Waals surface area contributed by atoms with Gasteiger partial charge in [0.15, 0.2) is 0 Å². The van der Waals surface area contributed by atoms with Crippen molar-refractivity contribution in [2.75, 3.05) is 0 Å². The third-order valence-corrected chi connectivity index (χ3v) is 8.40. The molecular weight excluding hydrogens is 592 g/mol. The topological polar surface area (TPSA) is 32.3 Å². The van der Waals surface area contributed by atoms with Gasteiger partial charge in [-0.1, -0.05) is 97.7 Å². The van der Waals surface area contributed by atoms with Crippen LogP contribution in [0.15, 0.2) is 84.9 Å². The van der Waals surface area contributed by atoms with Crippen molar-refractivity contribution < 1.29 is 18.0 Å². The zero-order valence-corrected chi connectivity index (χ0v) is 26.5. The number of benzene rings is 4. The predicted octanol–water partition coefficient (Wildman–Crippen LogP) is 10.2. The molecule has 1 amide bonds. The molecule has 0 bridgehead atoms. The number of nitrogens with one attached hydrogen (secondary N) is 1. The van der Waals surface area contributed by atoms with Crippen molar-refractivity contribution in [1.29, 1.82) is 0 Å². The summed E-state index contributed by atoms with van der Waals surface area (Å²) < 4.78 is 39.5. The summed E-state index contributed by atoms with van der Waals surface area (Å²) in [5.74, 6) is -0.119. The lowest BCUT2D eigenvalue weighted by Gasteiger charge is -2.39. The number of rotatable bonds is 10. The van der Waals surface area contributed by atoms with E-state index in [4.69, 9.17) is 23.2 Å². The number of fused-ring (bicyclic) bond motifs is 1. The van der Waals surface area contributed by atoms with Crippen LogP contribution in [0.5, 0.6) is 0 Å². The van der Waals surface area contributed by atoms with Gasteiger partial charge in [0.1, 0.15) is 0 Å². The molecule has 43 heavy (non-hydrogen) atoms. The Morgan fingerprint density at radius 2 is 1.42 bits per heavy atom. The number of carbonyl (C=O) groups is 1. The number of halogens is 5. The van der Waals surface area contributed by atoms with Crippen molar-refractivity contribution in [1.82, 2.24) is 10.2 Å². The molecule has 0 saturated carbocycles. The Hall–Kier alpha value is -3.06. The Bertz CT molecular complexity index is 1580. The molecule has 4 rings (SSSR count). The van der Waals surface area contributed by atoms with Gasteiger partial charge in [-0.2, -0.15) is 13.2 Å². The van der Waals surface area contributed by atoms with Crippen molar-refractivity contribution in [3.8, 4) is 0 Å². The van der Waals surface area contributed by atoms with E-state index in [-0.39, 0.29) is 25.0 Å². The second-order valence-corrected chi connectivity index (χ2v) is 13.3. The fraction of sp³-hybridized carbons (Fsp3) is 0.343. The maximum atomic E-state index is 14.2. The molecule has 0 radical (unpaired) electrons. The molecule has 0 aliphatic carbocycles. The summed E-state index contributed by atoms with van der Waals surface area (Å²) in [6.07, 6.45) is -3.92. The van der Waals surface area contributed by atoms with Crippen molar-refractivity contribution in [3.05, 3.63) is 117 Å². The summed E-state index contributed by atoms with van der Waals surface area (Å²) in [5.41, 5.74) is 0.577. The van der Waals surface area contributed by atoms with Crippen LogP contribution in [0.1, 0.15) is 69.3 Å². The molecule has 0 aromatic heterocycles. The summed E-state index contributed by atoms with van der Waals surface area (Å²) in [6.45, 7) is 10.5. The van der Waals surface area contributed by atoms with Crippen molar-refractivity contribution in [2.45, 2.75) is 71.9 Å². The van der Waals surface area contributed by atoms with E-state index in [9.17, 15) is 18.0 Å². The Morgan fingerprint density at radius 3 is 2.07 bits per heavy atom. The van der Waals surface area contributed by atoms with Gasteiger partial charge in [-0.3, -0.25) is 4.79 Å². The predicted molar refractivity (Wildman–Crippen MR) is 170 cm³/mol. The van der Waals surface area contributed by atoms with Gasteiger partial charge in [0, 0.05) is 30.1 Å². The zero-order chi connectivity index (χ0) is 31.6. The Labute approximate surface area is 262 Å². The van der Waals surface area contributed by atoms with E-state index in [2.05, 4.69) is 56.4 Å². The lowest BCUT2D eigenvalue weighted by atomic mass is 9.78. The van der Waals surface area contributed by atoms with Gasteiger partial charge in [0.05, 0.1) is 15.6 Å². The van der Waals surface area contributed by atoms with Gasteiger partial charge in [0.2, 0.25) is 5.91 Å². The first-order valence-electron chi connectivity index (χ1n) is 14.2. The van der Waals surface area contributed by atoms with E-state index >= 15 is 0 Å². The molecule has 8 heteroatoms. The summed E-state index contributed by atoms with van der Waals surface area (Å²) >= 11 is 12.4. The molecule has 0 spiro atoms. The van der Waals surface area contributed by atoms with Crippen LogP contribution in [0.25, 0.3) is 10.8 Å². The molecule has 0 unspecified atom stereocenters. The van der Waals surface area contributed by atoms with E-state index in [0.29, 0.717) is 22.0 Å². The number of alkyl halides is 3. The number of hydrogen-bond donors (Lipinski definition) is 1. The minimum Gasteiger partial charge on any atom is -0.334 e. The van der Waals surface area contributed by atoms with Crippen LogP contribution in [0, 0.1) is 5.41 Å². The number of nitrogens with zero attached hydrogens (tertiary/aromatic N) is 1. The molecule has 0 fully saturated rings. The summed E-state index contributed by atoms with van der Waals surface area (Å²) in [5, 5.41) is 6.86. The quantitative estimate of drug-likeness (QED) is 0.189. The first kappa shape index (κ1) is 32.8. The summed E-state index contributed by atoms with van der Waals surface area (Å²) in [6, 6.07) is 24.7. The second kappa shape index (κ2) is 12.9. The third kappa shape index (κ3) is 8.31. The molecule has 1 N–H and O–H groups in total. The molecule has 0 aliphatic heterocycles. The van der Waals surface area contributed by atoms with E-state index in [1.165, 1.54) is 28.5 Å². The molecule has 3 nitrogen and oxygen atoms in total. The highest BCUT2D eigenvalue weighted by Gasteiger charge is 2.38. The van der Waals surface area contributed by atoms with Crippen molar-refractivity contribution in [2.24, 2.45) is 5.41 Å². The van der Waals surface area contributed by atoms with E-state index in [0.717, 1.165) is 17.7 Å². The summed E-state index contributed by atoms with van der Waals surface area (Å²) in [4.78, 5) is 15.9. The Kier molecular flexibility index (Phi) is 9.85. The van der Waals surface area contributed by atoms with E-state index in [1.807, 2.05) is 26.0 Å². The second-order valence-electron chi connectivity index (χ2n) is 12.5. The minimum absolute atomic E-state index is 0.0199. The molecular formula is C35H37Cl2F3N2O. The minimum atomic E-state index is -4.43. The molecule has 0 aliphatic rings. The third-order valence-electron chi connectivity index (χ3n) is 7.66. The van der Waals surface area contributed by atoms with Crippen molar-refractivity contribution >= 4 is 39.9 Å². The van der Waals surface area contributed by atoms with Crippen LogP contribution in [-0.2, 0) is 24.1 Å². The zero-order valence-electron chi connectivity index (χ0n) is 25.0. The average molecular weight is 630 g/mol. The fourth-order valence-corrected chi connectivity index (χ4v) is 6.35. The normalized spacial score (nSPS) is 13.3. The lowest BCUT2D eigenvalue weighted by Crippen LogP contribution is -2.49. The first-order valence-corrected chi connectivity index (χ1v) is 15.0. The van der Waals surface area contributed by atoms with Gasteiger partial charge in [-0.25, -0.2) is 0 Å². The van der Waals surface area contributed by atoms with E-state index in [1.54, 1.807) is 23.1 Å². The van der Waals surface area contributed by atoms with Crippen LogP contribution in [0.3, 0.4) is 0 Å². The number of amides is 1. The van der Waals surface area contributed by atoms with E-state index < -0.39 is 22.7 Å². The number of hydrogen-bond acceptors (Lipinski definition) is 2. The molecule has 0 heterocycles. The van der Waals surface area contributed by atoms with Gasteiger partial charge < -0.3 is 10.2 Å². The Morgan fingerprint density at radius 1 is 0.814 bits per heavy atom. The average Bonchev–Trinajstić information content (AvgIpc) is 2.92. The largest absolute Gasteiger partial charge is 0.416 e. The molecule has 4 aromatic carbocycles. The van der Waals surface area contributed by atoms with Gasteiger partial charge in [-0.15, -0.1) is 0 Å². The number of carbonyl (C=O) groups excluding carboxylic acids is 1. The van der Waals surface area contributed by atoms with Crippen LogP contribution in [0.2, 0.25) is 10.0 Å². The molecule has 0 saturated heterocycles.